The summed E-state index contributed by atoms with van der Waals surface area (Å²) in [7, 11) is 0. The molecule has 1 amide bonds. The quantitative estimate of drug-likeness (QED) is 0.690. The van der Waals surface area contributed by atoms with Crippen LogP contribution in [0.5, 0.6) is 0 Å². The molecule has 0 aliphatic carbocycles. The lowest BCUT2D eigenvalue weighted by molar-refractivity contribution is 0.0879. The molecule has 0 spiro atoms. The lowest BCUT2D eigenvalue weighted by Crippen LogP contribution is -2.52. The third-order valence-electron chi connectivity index (χ3n) is 5.41. The number of nitrogens with zero attached hydrogens (tertiary/aromatic N) is 3. The van der Waals surface area contributed by atoms with Gasteiger partial charge < -0.3 is 14.6 Å². The van der Waals surface area contributed by atoms with Crippen molar-refractivity contribution in [1.82, 2.24) is 20.1 Å². The minimum Gasteiger partial charge on any atom is -0.454 e. The second-order valence-corrected chi connectivity index (χ2v) is 8.07. The first-order valence-corrected chi connectivity index (χ1v) is 10.7. The van der Waals surface area contributed by atoms with Crippen LogP contribution in [0.25, 0.3) is 21.7 Å². The summed E-state index contributed by atoms with van der Waals surface area (Å²) in [6.07, 6.45) is 0. The van der Waals surface area contributed by atoms with E-state index in [9.17, 15) is 4.79 Å². The van der Waals surface area contributed by atoms with E-state index in [4.69, 9.17) is 4.42 Å². The normalized spacial score (nSPS) is 17.1. The number of carbonyl (C=O) groups is 1. The summed E-state index contributed by atoms with van der Waals surface area (Å²) in [5, 5.41) is 6.59. The van der Waals surface area contributed by atoms with Crippen molar-refractivity contribution in [3.8, 4) is 10.8 Å². The Bertz CT molecular complexity index is 910. The molecule has 0 bridgehead atoms. The van der Waals surface area contributed by atoms with E-state index in [1.165, 1.54) is 11.3 Å². The minimum absolute atomic E-state index is 0.127. The number of carbonyl (C=O) groups excluding carboxylic acids is 1. The first-order chi connectivity index (χ1) is 13.6. The number of likely N-dealkylation sites (N-methyl/N-ethyl adjacent to an activating group) is 1. The highest BCUT2D eigenvalue weighted by molar-refractivity contribution is 7.13. The highest BCUT2D eigenvalue weighted by Gasteiger charge is 2.21. The highest BCUT2D eigenvalue weighted by atomic mass is 32.1. The zero-order valence-corrected chi connectivity index (χ0v) is 17.2. The molecule has 1 aliphatic rings. The fourth-order valence-electron chi connectivity index (χ4n) is 3.56. The van der Waals surface area contributed by atoms with E-state index in [1.54, 1.807) is 5.38 Å². The van der Waals surface area contributed by atoms with Crippen molar-refractivity contribution in [2.75, 3.05) is 39.3 Å². The Morgan fingerprint density at radius 3 is 2.82 bits per heavy atom. The molecule has 4 rings (SSSR count). The molecule has 1 N–H and O–H groups in total. The second kappa shape index (κ2) is 8.43. The summed E-state index contributed by atoms with van der Waals surface area (Å²) in [5.74, 6) is 0.574. The summed E-state index contributed by atoms with van der Waals surface area (Å²) in [5.41, 5.74) is 1.28. The molecule has 1 atom stereocenters. The van der Waals surface area contributed by atoms with Crippen LogP contribution >= 0.6 is 11.3 Å². The number of aromatic nitrogens is 1. The number of thiazole rings is 1. The maximum Gasteiger partial charge on any atom is 0.270 e. The van der Waals surface area contributed by atoms with E-state index < -0.39 is 0 Å². The standard InChI is InChI=1S/C21H26N4O2S/c1-3-24-8-10-25(11-9-24)15(2)13-22-20(26)17-14-28-21(23-17)19-12-16-6-4-5-7-18(16)27-19/h4-7,12,14-15H,3,8-11,13H2,1-2H3,(H,22,26)/t15-/m0/s1. The van der Waals surface area contributed by atoms with Crippen molar-refractivity contribution in [3.63, 3.8) is 0 Å². The lowest BCUT2D eigenvalue weighted by Gasteiger charge is -2.37. The number of hydrogen-bond donors (Lipinski definition) is 1. The van der Waals surface area contributed by atoms with Gasteiger partial charge >= 0.3 is 0 Å². The Balaban J connectivity index is 1.34. The topological polar surface area (TPSA) is 61.6 Å². The van der Waals surface area contributed by atoms with Gasteiger partial charge in [-0.05, 0) is 25.6 Å². The largest absolute Gasteiger partial charge is 0.454 e. The Morgan fingerprint density at radius 2 is 2.07 bits per heavy atom. The van der Waals surface area contributed by atoms with Gasteiger partial charge in [0.15, 0.2) is 10.8 Å². The van der Waals surface area contributed by atoms with Gasteiger partial charge in [-0.15, -0.1) is 11.3 Å². The molecule has 0 saturated carbocycles. The Morgan fingerprint density at radius 1 is 1.29 bits per heavy atom. The van der Waals surface area contributed by atoms with Gasteiger partial charge in [0.25, 0.3) is 5.91 Å². The Kier molecular flexibility index (Phi) is 5.75. The Hall–Kier alpha value is -2.22. The van der Waals surface area contributed by atoms with Crippen LogP contribution in [0.2, 0.25) is 0 Å². The first kappa shape index (κ1) is 19.1. The molecule has 3 aromatic rings. The van der Waals surface area contributed by atoms with Gasteiger partial charge in [-0.25, -0.2) is 4.98 Å². The van der Waals surface area contributed by atoms with Crippen LogP contribution in [-0.4, -0.2) is 66.0 Å². The molecule has 1 aliphatic heterocycles. The molecule has 148 valence electrons. The number of hydrogen-bond acceptors (Lipinski definition) is 6. The van der Waals surface area contributed by atoms with Gasteiger partial charge in [-0.3, -0.25) is 9.69 Å². The predicted molar refractivity (Wildman–Crippen MR) is 113 cm³/mol. The summed E-state index contributed by atoms with van der Waals surface area (Å²) in [4.78, 5) is 21.9. The third kappa shape index (κ3) is 4.11. The van der Waals surface area contributed by atoms with Crippen molar-refractivity contribution in [1.29, 1.82) is 0 Å². The van der Waals surface area contributed by atoms with Gasteiger partial charge in [-0.2, -0.15) is 0 Å². The van der Waals surface area contributed by atoms with Crippen LogP contribution in [0, 0.1) is 0 Å². The molecule has 28 heavy (non-hydrogen) atoms. The van der Waals surface area contributed by atoms with E-state index in [-0.39, 0.29) is 5.91 Å². The average molecular weight is 399 g/mol. The van der Waals surface area contributed by atoms with Crippen molar-refractivity contribution >= 4 is 28.2 Å². The number of fused-ring (bicyclic) bond motifs is 1. The average Bonchev–Trinajstić information content (AvgIpc) is 3.38. The van der Waals surface area contributed by atoms with Crippen LogP contribution in [0.1, 0.15) is 24.3 Å². The summed E-state index contributed by atoms with van der Waals surface area (Å²) in [6.45, 7) is 10.4. The predicted octanol–water partition coefficient (Wildman–Crippen LogP) is 3.31. The number of rotatable bonds is 6. The smallest absolute Gasteiger partial charge is 0.270 e. The number of furan rings is 1. The molecule has 0 unspecified atom stereocenters. The van der Waals surface area contributed by atoms with E-state index >= 15 is 0 Å². The minimum atomic E-state index is -0.127. The molecule has 1 fully saturated rings. The van der Waals surface area contributed by atoms with Crippen molar-refractivity contribution in [3.05, 3.63) is 41.4 Å². The van der Waals surface area contributed by atoms with Gasteiger partial charge in [0, 0.05) is 49.5 Å². The number of piperazine rings is 1. The third-order valence-corrected chi connectivity index (χ3v) is 6.27. The van der Waals surface area contributed by atoms with Crippen LogP contribution in [0.4, 0.5) is 0 Å². The van der Waals surface area contributed by atoms with E-state index in [0.29, 0.717) is 24.0 Å². The zero-order valence-electron chi connectivity index (χ0n) is 16.4. The van der Waals surface area contributed by atoms with Crippen molar-refractivity contribution < 1.29 is 9.21 Å². The maximum absolute atomic E-state index is 12.5. The molecule has 6 nitrogen and oxygen atoms in total. The Labute approximate surface area is 169 Å². The summed E-state index contributed by atoms with van der Waals surface area (Å²) < 4.78 is 5.85. The lowest BCUT2D eigenvalue weighted by atomic mass is 10.2. The number of para-hydroxylation sites is 1. The SMILES string of the molecule is CCN1CCN([C@@H](C)CNC(=O)c2csc(-c3cc4ccccc4o3)n2)CC1. The fourth-order valence-corrected chi connectivity index (χ4v) is 4.31. The molecule has 0 radical (unpaired) electrons. The summed E-state index contributed by atoms with van der Waals surface area (Å²) >= 11 is 1.43. The zero-order chi connectivity index (χ0) is 19.5. The molecule has 1 aromatic carbocycles. The van der Waals surface area contributed by atoms with Gasteiger partial charge in [0.05, 0.1) is 0 Å². The first-order valence-electron chi connectivity index (χ1n) is 9.83. The number of amides is 1. The second-order valence-electron chi connectivity index (χ2n) is 7.22. The number of nitrogens with one attached hydrogen (secondary N) is 1. The monoisotopic (exact) mass is 398 g/mol. The molecule has 2 aromatic heterocycles. The van der Waals surface area contributed by atoms with Crippen LogP contribution < -0.4 is 5.32 Å². The molecule has 1 saturated heterocycles. The van der Waals surface area contributed by atoms with E-state index in [0.717, 1.165) is 48.7 Å². The number of benzene rings is 1. The van der Waals surface area contributed by atoms with E-state index in [1.807, 2.05) is 30.3 Å². The van der Waals surface area contributed by atoms with E-state index in [2.05, 4.69) is 33.9 Å². The summed E-state index contributed by atoms with van der Waals surface area (Å²) in [6, 6.07) is 10.1. The molecular formula is C21H26N4O2S. The van der Waals surface area contributed by atoms with Gasteiger partial charge in [0.2, 0.25) is 0 Å². The van der Waals surface area contributed by atoms with Crippen LogP contribution in [0.3, 0.4) is 0 Å². The van der Waals surface area contributed by atoms with Crippen molar-refractivity contribution in [2.45, 2.75) is 19.9 Å². The van der Waals surface area contributed by atoms with Crippen LogP contribution in [-0.2, 0) is 0 Å². The molecule has 7 heteroatoms. The molecule has 3 heterocycles. The van der Waals surface area contributed by atoms with Gasteiger partial charge in [-0.1, -0.05) is 25.1 Å². The fraction of sp³-hybridized carbons (Fsp3) is 0.429. The van der Waals surface area contributed by atoms with Crippen molar-refractivity contribution in [2.24, 2.45) is 0 Å². The van der Waals surface area contributed by atoms with Gasteiger partial charge in [0.1, 0.15) is 11.3 Å². The maximum atomic E-state index is 12.5. The molecular weight excluding hydrogens is 372 g/mol. The highest BCUT2D eigenvalue weighted by Crippen LogP contribution is 2.29. The van der Waals surface area contributed by atoms with Crippen LogP contribution in [0.15, 0.2) is 40.1 Å².